The van der Waals surface area contributed by atoms with Gasteiger partial charge in [-0.05, 0) is 32.9 Å². The Labute approximate surface area is 108 Å². The first-order valence-electron chi connectivity index (χ1n) is 6.22. The first-order valence-corrected chi connectivity index (χ1v) is 6.22. The number of rotatable bonds is 6. The van der Waals surface area contributed by atoms with Crippen molar-refractivity contribution in [2.24, 2.45) is 0 Å². The summed E-state index contributed by atoms with van der Waals surface area (Å²) in [6.07, 6.45) is 1.65. The Morgan fingerprint density at radius 3 is 2.83 bits per heavy atom. The zero-order chi connectivity index (χ0) is 13.5. The topological polar surface area (TPSA) is 65.5 Å². The summed E-state index contributed by atoms with van der Waals surface area (Å²) in [5.74, 6) is 0.483. The van der Waals surface area contributed by atoms with Crippen LogP contribution in [-0.2, 0) is 0 Å². The molecule has 100 valence electrons. The Morgan fingerprint density at radius 1 is 1.56 bits per heavy atom. The van der Waals surface area contributed by atoms with Gasteiger partial charge in [0, 0.05) is 25.3 Å². The molecule has 0 aliphatic rings. The fraction of sp³-hybridized carbons (Fsp3) is 0.538. The number of carbonyl (C=O) groups excluding carboxylic acids is 1. The van der Waals surface area contributed by atoms with Crippen molar-refractivity contribution in [3.05, 3.63) is 23.9 Å². The molecule has 1 aromatic heterocycles. The Hall–Kier alpha value is -1.62. The monoisotopic (exact) mass is 251 g/mol. The maximum atomic E-state index is 12.4. The smallest absolute Gasteiger partial charge is 0.257 e. The summed E-state index contributed by atoms with van der Waals surface area (Å²) in [5, 5.41) is 12.1. The average molecular weight is 251 g/mol. The molecule has 2 N–H and O–H groups in total. The number of nitrogens with one attached hydrogen (secondary N) is 1. The average Bonchev–Trinajstić information content (AvgIpc) is 2.36. The van der Waals surface area contributed by atoms with Crippen LogP contribution in [0.1, 0.15) is 31.1 Å². The van der Waals surface area contributed by atoms with Crippen molar-refractivity contribution < 1.29 is 9.90 Å². The van der Waals surface area contributed by atoms with Crippen LogP contribution in [0.25, 0.3) is 0 Å². The second kappa shape index (κ2) is 6.96. The number of pyridine rings is 1. The summed E-state index contributed by atoms with van der Waals surface area (Å²) in [6.45, 7) is 6.81. The van der Waals surface area contributed by atoms with E-state index in [0.717, 1.165) is 0 Å². The molecule has 0 radical (unpaired) electrons. The minimum absolute atomic E-state index is 0.0410. The molecule has 5 heteroatoms. The van der Waals surface area contributed by atoms with Crippen LogP contribution >= 0.6 is 0 Å². The molecule has 0 bridgehead atoms. The van der Waals surface area contributed by atoms with Crippen LogP contribution in [0.5, 0.6) is 0 Å². The Kier molecular flexibility index (Phi) is 5.58. The normalized spacial score (nSPS) is 10.5. The maximum Gasteiger partial charge on any atom is 0.257 e. The summed E-state index contributed by atoms with van der Waals surface area (Å²) in [7, 11) is 0. The van der Waals surface area contributed by atoms with E-state index in [9.17, 15) is 4.79 Å². The number of carbonyl (C=O) groups is 1. The molecule has 0 atom stereocenters. The Balaban J connectivity index is 3.00. The minimum atomic E-state index is -0.108. The highest BCUT2D eigenvalue weighted by Crippen LogP contribution is 2.15. The molecule has 0 unspecified atom stereocenters. The fourth-order valence-corrected chi connectivity index (χ4v) is 1.74. The Bertz CT molecular complexity index is 394. The largest absolute Gasteiger partial charge is 0.395 e. The van der Waals surface area contributed by atoms with Gasteiger partial charge >= 0.3 is 0 Å². The first kappa shape index (κ1) is 14.4. The lowest BCUT2D eigenvalue weighted by molar-refractivity contribution is 0.0666. The van der Waals surface area contributed by atoms with E-state index in [2.05, 4.69) is 10.3 Å². The summed E-state index contributed by atoms with van der Waals surface area (Å²) in [6, 6.07) is 3.53. The lowest BCUT2D eigenvalue weighted by atomic mass is 10.2. The van der Waals surface area contributed by atoms with Gasteiger partial charge < -0.3 is 15.3 Å². The van der Waals surface area contributed by atoms with Crippen molar-refractivity contribution in [2.75, 3.05) is 25.0 Å². The zero-order valence-electron chi connectivity index (χ0n) is 11.2. The molecule has 1 heterocycles. The number of aliphatic hydroxyl groups excluding tert-OH is 1. The second-order valence-corrected chi connectivity index (χ2v) is 4.25. The minimum Gasteiger partial charge on any atom is -0.395 e. The highest BCUT2D eigenvalue weighted by molar-refractivity contribution is 5.98. The molecular weight excluding hydrogens is 230 g/mol. The van der Waals surface area contributed by atoms with E-state index in [1.807, 2.05) is 20.8 Å². The molecule has 0 spiro atoms. The first-order chi connectivity index (χ1) is 8.61. The van der Waals surface area contributed by atoms with Crippen molar-refractivity contribution in [2.45, 2.75) is 26.8 Å². The van der Waals surface area contributed by atoms with Crippen LogP contribution < -0.4 is 5.32 Å². The molecule has 0 aromatic carbocycles. The van der Waals surface area contributed by atoms with Crippen LogP contribution in [0.3, 0.4) is 0 Å². The second-order valence-electron chi connectivity index (χ2n) is 4.25. The van der Waals surface area contributed by atoms with E-state index >= 15 is 0 Å². The zero-order valence-corrected chi connectivity index (χ0v) is 11.2. The summed E-state index contributed by atoms with van der Waals surface area (Å²) < 4.78 is 0. The lowest BCUT2D eigenvalue weighted by Crippen LogP contribution is -2.39. The van der Waals surface area contributed by atoms with Gasteiger partial charge in [0.2, 0.25) is 0 Å². The molecular formula is C13H21N3O2. The molecule has 0 saturated carbocycles. The van der Waals surface area contributed by atoms with Crippen LogP contribution in [0.15, 0.2) is 18.3 Å². The quantitative estimate of drug-likeness (QED) is 0.801. The molecule has 1 aromatic rings. The molecule has 1 amide bonds. The van der Waals surface area contributed by atoms with E-state index in [1.165, 1.54) is 0 Å². The van der Waals surface area contributed by atoms with Crippen molar-refractivity contribution in [1.82, 2.24) is 9.88 Å². The maximum absolute atomic E-state index is 12.4. The van der Waals surface area contributed by atoms with E-state index in [4.69, 9.17) is 5.11 Å². The summed E-state index contributed by atoms with van der Waals surface area (Å²) >= 11 is 0. The molecule has 18 heavy (non-hydrogen) atoms. The SMILES string of the molecule is CCNc1ncccc1C(=O)N(CCO)C(C)C. The van der Waals surface area contributed by atoms with Crippen molar-refractivity contribution >= 4 is 11.7 Å². The third kappa shape index (κ3) is 3.43. The number of aliphatic hydroxyl groups is 1. The van der Waals surface area contributed by atoms with E-state index in [1.54, 1.807) is 23.2 Å². The van der Waals surface area contributed by atoms with Crippen molar-refractivity contribution in [1.29, 1.82) is 0 Å². The summed E-state index contributed by atoms with van der Waals surface area (Å²) in [5.41, 5.74) is 0.543. The van der Waals surface area contributed by atoms with Gasteiger partial charge in [-0.25, -0.2) is 4.98 Å². The van der Waals surface area contributed by atoms with Gasteiger partial charge in [-0.2, -0.15) is 0 Å². The van der Waals surface area contributed by atoms with Crippen LogP contribution in [0, 0.1) is 0 Å². The predicted molar refractivity (Wildman–Crippen MR) is 71.7 cm³/mol. The van der Waals surface area contributed by atoms with Gasteiger partial charge in [-0.1, -0.05) is 0 Å². The number of hydrogen-bond donors (Lipinski definition) is 2. The van der Waals surface area contributed by atoms with Gasteiger partial charge in [0.1, 0.15) is 5.82 Å². The van der Waals surface area contributed by atoms with Crippen LogP contribution in [-0.4, -0.2) is 46.6 Å². The standard InChI is InChI=1S/C13H21N3O2/c1-4-14-12-11(6-5-7-15-12)13(18)16(8-9-17)10(2)3/h5-7,10,17H,4,8-9H2,1-3H3,(H,14,15). The predicted octanol–water partition coefficient (Wildman–Crippen LogP) is 1.36. The van der Waals surface area contributed by atoms with E-state index < -0.39 is 0 Å². The number of nitrogens with zero attached hydrogens (tertiary/aromatic N) is 2. The number of aromatic nitrogens is 1. The van der Waals surface area contributed by atoms with Gasteiger partial charge in [-0.3, -0.25) is 4.79 Å². The van der Waals surface area contributed by atoms with Gasteiger partial charge in [0.15, 0.2) is 0 Å². The van der Waals surface area contributed by atoms with Crippen molar-refractivity contribution in [3.8, 4) is 0 Å². The van der Waals surface area contributed by atoms with Gasteiger partial charge in [-0.15, -0.1) is 0 Å². The lowest BCUT2D eigenvalue weighted by Gasteiger charge is -2.26. The summed E-state index contributed by atoms with van der Waals surface area (Å²) in [4.78, 5) is 18.2. The van der Waals surface area contributed by atoms with Gasteiger partial charge in [0.05, 0.1) is 12.2 Å². The number of anilines is 1. The van der Waals surface area contributed by atoms with Crippen LogP contribution in [0.2, 0.25) is 0 Å². The Morgan fingerprint density at radius 2 is 2.28 bits per heavy atom. The molecule has 0 aliphatic heterocycles. The highest BCUT2D eigenvalue weighted by atomic mass is 16.3. The molecule has 0 fully saturated rings. The fourth-order valence-electron chi connectivity index (χ4n) is 1.74. The molecule has 0 saturated heterocycles. The number of amides is 1. The van der Waals surface area contributed by atoms with Gasteiger partial charge in [0.25, 0.3) is 5.91 Å². The van der Waals surface area contributed by atoms with E-state index in [0.29, 0.717) is 24.5 Å². The molecule has 1 rings (SSSR count). The van der Waals surface area contributed by atoms with Crippen molar-refractivity contribution in [3.63, 3.8) is 0 Å². The third-order valence-corrected chi connectivity index (χ3v) is 2.61. The van der Waals surface area contributed by atoms with Crippen LogP contribution in [0.4, 0.5) is 5.82 Å². The highest BCUT2D eigenvalue weighted by Gasteiger charge is 2.21. The molecule has 0 aliphatic carbocycles. The third-order valence-electron chi connectivity index (χ3n) is 2.61. The number of hydrogen-bond acceptors (Lipinski definition) is 4. The molecule has 5 nitrogen and oxygen atoms in total. The van der Waals surface area contributed by atoms with E-state index in [-0.39, 0.29) is 18.6 Å².